The molecule has 0 saturated carbocycles. The highest BCUT2D eigenvalue weighted by molar-refractivity contribution is 5.79. The van der Waals surface area contributed by atoms with E-state index in [4.69, 9.17) is 4.74 Å². The molecule has 2 N–H and O–H groups in total. The number of nitrogens with zero attached hydrogens (tertiary/aromatic N) is 1. The Morgan fingerprint density at radius 3 is 2.46 bits per heavy atom. The Hall–Kier alpha value is -2.40. The summed E-state index contributed by atoms with van der Waals surface area (Å²) in [6, 6.07) is 15.1. The number of ether oxygens (including phenoxy) is 1. The van der Waals surface area contributed by atoms with E-state index in [1.807, 2.05) is 0 Å². The molecule has 0 radical (unpaired) electrons. The van der Waals surface area contributed by atoms with E-state index >= 15 is 0 Å². The van der Waals surface area contributed by atoms with Gasteiger partial charge in [0.25, 0.3) is 0 Å². The maximum Gasteiger partial charge on any atom is 0.191 e. The molecule has 1 heterocycles. The van der Waals surface area contributed by atoms with Gasteiger partial charge in [0.1, 0.15) is 5.82 Å². The Kier molecular flexibility index (Phi) is 7.04. The number of nitrogens with one attached hydrogen (secondary N) is 2. The van der Waals surface area contributed by atoms with Crippen molar-refractivity contribution in [2.45, 2.75) is 38.6 Å². The molecule has 0 aliphatic carbocycles. The van der Waals surface area contributed by atoms with Crippen molar-refractivity contribution >= 4 is 5.96 Å². The third-order valence-corrected chi connectivity index (χ3v) is 5.44. The van der Waals surface area contributed by atoms with Crippen LogP contribution in [0.4, 0.5) is 4.39 Å². The van der Waals surface area contributed by atoms with Crippen LogP contribution in [-0.4, -0.2) is 32.3 Å². The molecule has 5 heteroatoms. The third-order valence-electron chi connectivity index (χ3n) is 5.44. The molecule has 0 bridgehead atoms. The van der Waals surface area contributed by atoms with Gasteiger partial charge in [0.15, 0.2) is 5.96 Å². The molecule has 1 aliphatic rings. The topological polar surface area (TPSA) is 45.7 Å². The summed E-state index contributed by atoms with van der Waals surface area (Å²) < 4.78 is 18.7. The first-order chi connectivity index (χ1) is 13.6. The molecular formula is C23H30FN3O. The summed E-state index contributed by atoms with van der Waals surface area (Å²) in [5.41, 5.74) is 3.73. The molecule has 0 amide bonds. The first kappa shape index (κ1) is 20.3. The predicted molar refractivity (Wildman–Crippen MR) is 112 cm³/mol. The standard InChI is InChI=1S/C23H30FN3O/c1-3-25-22(26-16-19-8-10-20(24)11-9-19)27-17-23(12-14-28-15-13-23)21-7-5-4-6-18(21)2/h4-11H,3,12-17H2,1-2H3,(H2,25,26,27). The zero-order chi connectivity index (χ0) is 19.8. The molecular weight excluding hydrogens is 353 g/mol. The summed E-state index contributed by atoms with van der Waals surface area (Å²) in [4.78, 5) is 4.69. The van der Waals surface area contributed by atoms with Crippen LogP contribution in [0.1, 0.15) is 36.5 Å². The number of halogens is 1. The molecule has 1 saturated heterocycles. The molecule has 0 unspecified atom stereocenters. The highest BCUT2D eigenvalue weighted by atomic mass is 19.1. The largest absolute Gasteiger partial charge is 0.381 e. The van der Waals surface area contributed by atoms with Gasteiger partial charge in [-0.1, -0.05) is 36.4 Å². The zero-order valence-electron chi connectivity index (χ0n) is 16.8. The number of rotatable bonds is 6. The van der Waals surface area contributed by atoms with Gasteiger partial charge in [0, 0.05) is 31.7 Å². The van der Waals surface area contributed by atoms with Gasteiger partial charge in [-0.25, -0.2) is 9.38 Å². The lowest BCUT2D eigenvalue weighted by Gasteiger charge is -2.39. The number of aliphatic imine (C=N–C) groups is 1. The second-order valence-electron chi connectivity index (χ2n) is 7.38. The summed E-state index contributed by atoms with van der Waals surface area (Å²) in [5.74, 6) is 0.559. The van der Waals surface area contributed by atoms with Gasteiger partial charge in [-0.15, -0.1) is 0 Å². The third kappa shape index (κ3) is 5.10. The molecule has 0 atom stereocenters. The molecule has 0 aromatic heterocycles. The number of guanidine groups is 1. The van der Waals surface area contributed by atoms with Crippen molar-refractivity contribution < 1.29 is 9.13 Å². The Bertz CT molecular complexity index is 783. The lowest BCUT2D eigenvalue weighted by atomic mass is 9.72. The molecule has 1 aliphatic heterocycles. The Labute approximate surface area is 167 Å². The first-order valence-electron chi connectivity index (χ1n) is 10.0. The van der Waals surface area contributed by atoms with Crippen LogP contribution in [0, 0.1) is 12.7 Å². The quantitative estimate of drug-likeness (QED) is 0.587. The van der Waals surface area contributed by atoms with Crippen LogP contribution in [0.25, 0.3) is 0 Å². The smallest absolute Gasteiger partial charge is 0.191 e. The van der Waals surface area contributed by atoms with Crippen LogP contribution in [0.3, 0.4) is 0 Å². The molecule has 2 aromatic rings. The average molecular weight is 384 g/mol. The van der Waals surface area contributed by atoms with Crippen molar-refractivity contribution in [3.05, 3.63) is 71.0 Å². The van der Waals surface area contributed by atoms with E-state index in [0.717, 1.165) is 50.7 Å². The molecule has 150 valence electrons. The summed E-state index contributed by atoms with van der Waals surface area (Å²) in [7, 11) is 0. The lowest BCUT2D eigenvalue weighted by molar-refractivity contribution is 0.0512. The minimum atomic E-state index is -0.225. The Morgan fingerprint density at radius 1 is 1.07 bits per heavy atom. The maximum atomic E-state index is 13.1. The van der Waals surface area contributed by atoms with Crippen LogP contribution >= 0.6 is 0 Å². The van der Waals surface area contributed by atoms with E-state index in [0.29, 0.717) is 6.54 Å². The van der Waals surface area contributed by atoms with E-state index in [1.165, 1.54) is 23.3 Å². The van der Waals surface area contributed by atoms with E-state index in [9.17, 15) is 4.39 Å². The van der Waals surface area contributed by atoms with Gasteiger partial charge in [0.05, 0.1) is 6.54 Å². The van der Waals surface area contributed by atoms with Gasteiger partial charge in [-0.3, -0.25) is 0 Å². The molecule has 2 aromatic carbocycles. The predicted octanol–water partition coefficient (Wildman–Crippen LogP) is 3.94. The minimum absolute atomic E-state index is 0.0374. The fourth-order valence-corrected chi connectivity index (χ4v) is 3.83. The molecule has 3 rings (SSSR count). The van der Waals surface area contributed by atoms with Crippen molar-refractivity contribution in [2.24, 2.45) is 4.99 Å². The fraction of sp³-hybridized carbons (Fsp3) is 0.435. The molecule has 4 nitrogen and oxygen atoms in total. The van der Waals surface area contributed by atoms with Gasteiger partial charge in [-0.05, 0) is 55.5 Å². The number of hydrogen-bond acceptors (Lipinski definition) is 2. The van der Waals surface area contributed by atoms with Gasteiger partial charge in [-0.2, -0.15) is 0 Å². The fourth-order valence-electron chi connectivity index (χ4n) is 3.83. The summed E-state index contributed by atoms with van der Waals surface area (Å²) in [6.07, 6.45) is 1.98. The van der Waals surface area contributed by atoms with E-state index < -0.39 is 0 Å². The normalized spacial score (nSPS) is 16.6. The van der Waals surface area contributed by atoms with Gasteiger partial charge < -0.3 is 15.4 Å². The number of hydrogen-bond donors (Lipinski definition) is 2. The van der Waals surface area contributed by atoms with E-state index in [-0.39, 0.29) is 11.2 Å². The van der Waals surface area contributed by atoms with Gasteiger partial charge >= 0.3 is 0 Å². The summed E-state index contributed by atoms with van der Waals surface area (Å²) in [6.45, 7) is 7.89. The number of benzene rings is 2. The summed E-state index contributed by atoms with van der Waals surface area (Å²) >= 11 is 0. The second kappa shape index (κ2) is 9.69. The molecule has 28 heavy (non-hydrogen) atoms. The molecule has 1 fully saturated rings. The lowest BCUT2D eigenvalue weighted by Crippen LogP contribution is -2.48. The van der Waals surface area contributed by atoms with E-state index in [2.05, 4.69) is 53.7 Å². The SMILES string of the molecule is CCNC(=NCc1ccc(F)cc1)NCC1(c2ccccc2C)CCOCC1. The minimum Gasteiger partial charge on any atom is -0.381 e. The van der Waals surface area contributed by atoms with Crippen molar-refractivity contribution in [1.82, 2.24) is 10.6 Å². The van der Waals surface area contributed by atoms with Crippen molar-refractivity contribution in [1.29, 1.82) is 0 Å². The van der Waals surface area contributed by atoms with Crippen molar-refractivity contribution in [3.8, 4) is 0 Å². The van der Waals surface area contributed by atoms with Crippen LogP contribution in [0.15, 0.2) is 53.5 Å². The van der Waals surface area contributed by atoms with Crippen LogP contribution in [-0.2, 0) is 16.7 Å². The molecule has 0 spiro atoms. The average Bonchev–Trinajstić information content (AvgIpc) is 2.72. The van der Waals surface area contributed by atoms with Crippen LogP contribution < -0.4 is 10.6 Å². The zero-order valence-corrected chi connectivity index (χ0v) is 16.8. The Morgan fingerprint density at radius 2 is 1.79 bits per heavy atom. The monoisotopic (exact) mass is 383 g/mol. The summed E-state index contributed by atoms with van der Waals surface area (Å²) in [5, 5.41) is 6.87. The number of aryl methyl sites for hydroxylation is 1. The highest BCUT2D eigenvalue weighted by Crippen LogP contribution is 2.36. The van der Waals surface area contributed by atoms with Crippen molar-refractivity contribution in [2.75, 3.05) is 26.3 Å². The maximum absolute atomic E-state index is 13.1. The van der Waals surface area contributed by atoms with E-state index in [1.54, 1.807) is 12.1 Å². The Balaban J connectivity index is 1.74. The van der Waals surface area contributed by atoms with Crippen LogP contribution in [0.5, 0.6) is 0 Å². The first-order valence-corrected chi connectivity index (χ1v) is 10.0. The second-order valence-corrected chi connectivity index (χ2v) is 7.38. The highest BCUT2D eigenvalue weighted by Gasteiger charge is 2.35. The van der Waals surface area contributed by atoms with Crippen LogP contribution in [0.2, 0.25) is 0 Å². The van der Waals surface area contributed by atoms with Crippen molar-refractivity contribution in [3.63, 3.8) is 0 Å². The van der Waals surface area contributed by atoms with Gasteiger partial charge in [0.2, 0.25) is 0 Å².